The number of carboxylic acid groups (broad SMARTS) is 1. The first-order valence-electron chi connectivity index (χ1n) is 8.99. The Morgan fingerprint density at radius 1 is 1.04 bits per heavy atom. The number of hydrogen-bond donors (Lipinski definition) is 1. The molecule has 1 aliphatic heterocycles. The van der Waals surface area contributed by atoms with Gasteiger partial charge < -0.3 is 9.84 Å². The van der Waals surface area contributed by atoms with Crippen LogP contribution in [-0.2, 0) is 9.53 Å². The number of amides is 1. The highest BCUT2D eigenvalue weighted by molar-refractivity contribution is 5.82. The van der Waals surface area contributed by atoms with Crippen molar-refractivity contribution in [3.63, 3.8) is 0 Å². The number of carbonyl (C=O) groups is 2. The van der Waals surface area contributed by atoms with E-state index in [1.807, 2.05) is 24.3 Å². The van der Waals surface area contributed by atoms with Gasteiger partial charge in [-0.1, -0.05) is 48.5 Å². The number of piperidine rings is 1. The Kier molecular flexibility index (Phi) is 3.32. The molecular weight excluding hydrogens is 330 g/mol. The number of ether oxygens (including phenoxy) is 1. The Balaban J connectivity index is 1.36. The van der Waals surface area contributed by atoms with Crippen molar-refractivity contribution in [3.8, 4) is 11.1 Å². The third-order valence-corrected chi connectivity index (χ3v) is 5.97. The second kappa shape index (κ2) is 5.59. The van der Waals surface area contributed by atoms with Gasteiger partial charge in [0.05, 0.1) is 0 Å². The molecule has 2 fully saturated rings. The molecule has 1 heterocycles. The molecule has 132 valence electrons. The van der Waals surface area contributed by atoms with Gasteiger partial charge in [-0.05, 0) is 40.5 Å². The number of rotatable bonds is 3. The van der Waals surface area contributed by atoms with Crippen molar-refractivity contribution < 1.29 is 19.4 Å². The Labute approximate surface area is 151 Å². The first-order chi connectivity index (χ1) is 12.6. The summed E-state index contributed by atoms with van der Waals surface area (Å²) in [4.78, 5) is 25.4. The SMILES string of the molecule is O=C(O)[C@@H]1[C@@H]2C[C@H]2CN1C(=O)OCC1c2ccccc2-c2ccccc21. The van der Waals surface area contributed by atoms with Gasteiger partial charge in [-0.15, -0.1) is 0 Å². The number of nitrogens with zero attached hydrogens (tertiary/aromatic N) is 1. The van der Waals surface area contributed by atoms with Crippen LogP contribution in [0.25, 0.3) is 11.1 Å². The molecule has 26 heavy (non-hydrogen) atoms. The fourth-order valence-electron chi connectivity index (χ4n) is 4.65. The zero-order valence-electron chi connectivity index (χ0n) is 14.2. The van der Waals surface area contributed by atoms with E-state index < -0.39 is 18.1 Å². The van der Waals surface area contributed by atoms with E-state index in [0.29, 0.717) is 12.5 Å². The minimum Gasteiger partial charge on any atom is -0.480 e. The number of benzene rings is 2. The average molecular weight is 349 g/mol. The molecule has 5 nitrogen and oxygen atoms in total. The summed E-state index contributed by atoms with van der Waals surface area (Å²) in [7, 11) is 0. The normalized spacial score (nSPS) is 25.4. The van der Waals surface area contributed by atoms with Crippen LogP contribution in [0.5, 0.6) is 0 Å². The fraction of sp³-hybridized carbons (Fsp3) is 0.333. The van der Waals surface area contributed by atoms with Crippen molar-refractivity contribution in [3.05, 3.63) is 59.7 Å². The molecule has 1 amide bonds. The Morgan fingerprint density at radius 3 is 2.27 bits per heavy atom. The molecule has 2 aromatic rings. The molecule has 0 spiro atoms. The van der Waals surface area contributed by atoms with Gasteiger partial charge in [0, 0.05) is 12.5 Å². The topological polar surface area (TPSA) is 66.8 Å². The van der Waals surface area contributed by atoms with E-state index in [9.17, 15) is 14.7 Å². The molecule has 2 aromatic carbocycles. The summed E-state index contributed by atoms with van der Waals surface area (Å²) in [5, 5.41) is 9.42. The lowest BCUT2D eigenvalue weighted by Gasteiger charge is -2.24. The van der Waals surface area contributed by atoms with Gasteiger partial charge in [0.1, 0.15) is 12.6 Å². The zero-order valence-corrected chi connectivity index (χ0v) is 14.2. The van der Waals surface area contributed by atoms with Gasteiger partial charge >= 0.3 is 12.1 Å². The second-order valence-corrected chi connectivity index (χ2v) is 7.40. The monoisotopic (exact) mass is 349 g/mol. The van der Waals surface area contributed by atoms with Crippen LogP contribution in [0.2, 0.25) is 0 Å². The maximum Gasteiger partial charge on any atom is 0.410 e. The highest BCUT2D eigenvalue weighted by Gasteiger charge is 2.57. The van der Waals surface area contributed by atoms with Crippen molar-refractivity contribution >= 4 is 12.1 Å². The summed E-state index contributed by atoms with van der Waals surface area (Å²) >= 11 is 0. The predicted octanol–water partition coefficient (Wildman–Crippen LogP) is 3.34. The highest BCUT2D eigenvalue weighted by atomic mass is 16.6. The summed E-state index contributed by atoms with van der Waals surface area (Å²) < 4.78 is 5.60. The molecule has 0 radical (unpaired) electrons. The smallest absolute Gasteiger partial charge is 0.410 e. The lowest BCUT2D eigenvalue weighted by atomic mass is 9.98. The van der Waals surface area contributed by atoms with E-state index in [1.54, 1.807) is 0 Å². The minimum atomic E-state index is -0.927. The molecule has 0 aromatic heterocycles. The lowest BCUT2D eigenvalue weighted by Crippen LogP contribution is -2.43. The quantitative estimate of drug-likeness (QED) is 0.923. The van der Waals surface area contributed by atoms with Gasteiger partial charge in [-0.25, -0.2) is 9.59 Å². The van der Waals surface area contributed by atoms with Gasteiger partial charge in [-0.2, -0.15) is 0 Å². The number of carbonyl (C=O) groups excluding carboxylic acids is 1. The molecule has 1 saturated carbocycles. The molecule has 1 N–H and O–H groups in total. The minimum absolute atomic E-state index is 0.00762. The van der Waals surface area contributed by atoms with Gasteiger partial charge in [0.2, 0.25) is 0 Å². The predicted molar refractivity (Wildman–Crippen MR) is 94.8 cm³/mol. The van der Waals surface area contributed by atoms with E-state index in [2.05, 4.69) is 24.3 Å². The molecule has 5 rings (SSSR count). The van der Waals surface area contributed by atoms with Gasteiger partial charge in [-0.3, -0.25) is 4.90 Å². The van der Waals surface area contributed by atoms with Gasteiger partial charge in [0.25, 0.3) is 0 Å². The first-order valence-corrected chi connectivity index (χ1v) is 8.99. The van der Waals surface area contributed by atoms with Crippen LogP contribution in [0.3, 0.4) is 0 Å². The highest BCUT2D eigenvalue weighted by Crippen LogP contribution is 2.50. The number of likely N-dealkylation sites (tertiary alicyclic amines) is 1. The summed E-state index contributed by atoms with van der Waals surface area (Å²) in [6, 6.07) is 15.6. The number of hydrogen-bond acceptors (Lipinski definition) is 3. The second-order valence-electron chi connectivity index (χ2n) is 7.40. The number of aliphatic carboxylic acids is 1. The summed E-state index contributed by atoms with van der Waals surface area (Å²) in [5.41, 5.74) is 4.66. The molecule has 0 unspecified atom stereocenters. The van der Waals surface area contributed by atoms with Crippen LogP contribution in [0.4, 0.5) is 4.79 Å². The largest absolute Gasteiger partial charge is 0.480 e. The maximum absolute atomic E-state index is 12.5. The number of fused-ring (bicyclic) bond motifs is 4. The fourth-order valence-corrected chi connectivity index (χ4v) is 4.65. The average Bonchev–Trinajstić information content (AvgIpc) is 3.19. The molecular formula is C21H19NO4. The summed E-state index contributed by atoms with van der Waals surface area (Å²) in [6.45, 7) is 0.726. The Bertz CT molecular complexity index is 863. The lowest BCUT2D eigenvalue weighted by molar-refractivity contribution is -0.142. The van der Waals surface area contributed by atoms with Crippen LogP contribution in [0, 0.1) is 11.8 Å². The van der Waals surface area contributed by atoms with Crippen LogP contribution < -0.4 is 0 Å². The molecule has 3 atom stereocenters. The van der Waals surface area contributed by atoms with Crippen LogP contribution >= 0.6 is 0 Å². The van der Waals surface area contributed by atoms with Crippen molar-refractivity contribution in [2.24, 2.45) is 11.8 Å². The molecule has 2 aliphatic carbocycles. The van der Waals surface area contributed by atoms with Crippen molar-refractivity contribution in [2.75, 3.05) is 13.2 Å². The van der Waals surface area contributed by atoms with Crippen LogP contribution in [0.1, 0.15) is 23.5 Å². The van der Waals surface area contributed by atoms with Crippen molar-refractivity contribution in [2.45, 2.75) is 18.4 Å². The first kappa shape index (κ1) is 15.4. The Hall–Kier alpha value is -2.82. The van der Waals surface area contributed by atoms with Crippen LogP contribution in [0.15, 0.2) is 48.5 Å². The third kappa shape index (κ3) is 2.23. The van der Waals surface area contributed by atoms with Gasteiger partial charge in [0.15, 0.2) is 0 Å². The van der Waals surface area contributed by atoms with E-state index in [0.717, 1.165) is 17.5 Å². The van der Waals surface area contributed by atoms with E-state index in [1.165, 1.54) is 16.0 Å². The third-order valence-electron chi connectivity index (χ3n) is 5.97. The van der Waals surface area contributed by atoms with E-state index >= 15 is 0 Å². The molecule has 5 heteroatoms. The zero-order chi connectivity index (χ0) is 17.8. The Morgan fingerprint density at radius 2 is 1.65 bits per heavy atom. The van der Waals surface area contributed by atoms with E-state index in [-0.39, 0.29) is 18.4 Å². The van der Waals surface area contributed by atoms with E-state index in [4.69, 9.17) is 4.74 Å². The van der Waals surface area contributed by atoms with Crippen LogP contribution in [-0.4, -0.2) is 41.3 Å². The standard InChI is InChI=1S/C21H19NO4/c23-20(24)19-17-9-12(17)10-22(19)21(25)26-11-18-15-7-3-1-5-13(15)14-6-2-4-8-16(14)18/h1-8,12,17-19H,9-11H2,(H,23,24)/t12-,17+,19-/m0/s1. The number of carboxylic acids is 1. The summed E-state index contributed by atoms with van der Waals surface area (Å²) in [5.74, 6) is -0.500. The summed E-state index contributed by atoms with van der Waals surface area (Å²) in [6.07, 6.45) is 0.399. The molecule has 3 aliphatic rings. The molecule has 1 saturated heterocycles. The van der Waals surface area contributed by atoms with Crippen molar-refractivity contribution in [1.82, 2.24) is 4.90 Å². The van der Waals surface area contributed by atoms with Crippen molar-refractivity contribution in [1.29, 1.82) is 0 Å². The molecule has 0 bridgehead atoms. The maximum atomic E-state index is 12.5.